The maximum absolute atomic E-state index is 12.5. The summed E-state index contributed by atoms with van der Waals surface area (Å²) in [6.45, 7) is 4.97. The van der Waals surface area contributed by atoms with Crippen LogP contribution in [0.25, 0.3) is 17.4 Å². The van der Waals surface area contributed by atoms with Gasteiger partial charge in [-0.05, 0) is 56.8 Å². The molecule has 1 fully saturated rings. The number of furan rings is 1. The topological polar surface area (TPSA) is 103 Å². The number of benzene rings is 1. The second-order valence-corrected chi connectivity index (χ2v) is 7.80. The molecule has 0 bridgehead atoms. The lowest BCUT2D eigenvalue weighted by atomic mass is 10.1. The van der Waals surface area contributed by atoms with Gasteiger partial charge in [0.25, 0.3) is 11.1 Å². The molecule has 2 amide bonds. The van der Waals surface area contributed by atoms with Crippen molar-refractivity contribution in [2.24, 2.45) is 0 Å². The van der Waals surface area contributed by atoms with Crippen molar-refractivity contribution in [2.45, 2.75) is 26.9 Å². The number of nitrogens with zero attached hydrogens (tertiary/aromatic N) is 1. The third-order valence-electron chi connectivity index (χ3n) is 4.11. The predicted octanol–water partition coefficient (Wildman–Crippen LogP) is 4.11. The number of carbonyl (C=O) groups is 4. The van der Waals surface area contributed by atoms with E-state index in [0.717, 1.165) is 22.2 Å². The van der Waals surface area contributed by atoms with Crippen molar-refractivity contribution in [3.8, 4) is 11.3 Å². The van der Waals surface area contributed by atoms with Gasteiger partial charge in [0.2, 0.25) is 0 Å². The maximum atomic E-state index is 12.5. The second kappa shape index (κ2) is 9.65. The molecule has 0 radical (unpaired) electrons. The lowest BCUT2D eigenvalue weighted by Crippen LogP contribution is -2.35. The van der Waals surface area contributed by atoms with E-state index in [4.69, 9.17) is 13.9 Å². The molecule has 0 aliphatic carbocycles. The SMILES string of the molecule is CCOC(=O)c1ccc(-c2ccc(/C=C3/SC(=O)N(CC(=O)OC(C)C)C3=O)o2)cc1. The molecule has 0 unspecified atom stereocenters. The first kappa shape index (κ1) is 22.4. The van der Waals surface area contributed by atoms with E-state index >= 15 is 0 Å². The van der Waals surface area contributed by atoms with Gasteiger partial charge in [-0.1, -0.05) is 12.1 Å². The fourth-order valence-corrected chi connectivity index (χ4v) is 3.58. The van der Waals surface area contributed by atoms with Crippen LogP contribution in [-0.4, -0.2) is 47.2 Å². The first-order valence-electron chi connectivity index (χ1n) is 9.60. The molecule has 2 heterocycles. The van der Waals surface area contributed by atoms with Gasteiger partial charge in [0.1, 0.15) is 18.1 Å². The van der Waals surface area contributed by atoms with Crippen LogP contribution >= 0.6 is 11.8 Å². The van der Waals surface area contributed by atoms with E-state index in [0.29, 0.717) is 23.7 Å². The van der Waals surface area contributed by atoms with Crippen molar-refractivity contribution in [3.05, 3.63) is 52.6 Å². The summed E-state index contributed by atoms with van der Waals surface area (Å²) >= 11 is 0.732. The minimum Gasteiger partial charge on any atom is -0.462 e. The van der Waals surface area contributed by atoms with E-state index in [-0.39, 0.29) is 11.0 Å². The van der Waals surface area contributed by atoms with Crippen molar-refractivity contribution in [3.63, 3.8) is 0 Å². The molecule has 0 N–H and O–H groups in total. The van der Waals surface area contributed by atoms with Crippen molar-refractivity contribution < 1.29 is 33.1 Å². The lowest BCUT2D eigenvalue weighted by Gasteiger charge is -2.13. The summed E-state index contributed by atoms with van der Waals surface area (Å²) in [5.41, 5.74) is 1.17. The quantitative estimate of drug-likeness (QED) is 0.465. The molecule has 8 nitrogen and oxygen atoms in total. The van der Waals surface area contributed by atoms with Crippen molar-refractivity contribution in [2.75, 3.05) is 13.2 Å². The maximum Gasteiger partial charge on any atom is 0.338 e. The lowest BCUT2D eigenvalue weighted by molar-refractivity contribution is -0.149. The Morgan fingerprint density at radius 3 is 2.48 bits per heavy atom. The second-order valence-electron chi connectivity index (χ2n) is 6.81. The van der Waals surface area contributed by atoms with Crippen LogP contribution in [0.2, 0.25) is 0 Å². The molecular formula is C22H21NO7S. The summed E-state index contributed by atoms with van der Waals surface area (Å²) in [6.07, 6.45) is 1.12. The van der Waals surface area contributed by atoms with E-state index in [9.17, 15) is 19.2 Å². The fraction of sp³-hybridized carbons (Fsp3) is 0.273. The minimum absolute atomic E-state index is 0.154. The first-order valence-corrected chi connectivity index (χ1v) is 10.4. The van der Waals surface area contributed by atoms with Gasteiger partial charge in [0.05, 0.1) is 23.2 Å². The average molecular weight is 443 g/mol. The predicted molar refractivity (Wildman–Crippen MR) is 114 cm³/mol. The molecule has 1 aromatic heterocycles. The van der Waals surface area contributed by atoms with Gasteiger partial charge >= 0.3 is 11.9 Å². The summed E-state index contributed by atoms with van der Waals surface area (Å²) in [7, 11) is 0. The van der Waals surface area contributed by atoms with Crippen molar-refractivity contribution >= 4 is 40.9 Å². The van der Waals surface area contributed by atoms with Gasteiger partial charge in [0.15, 0.2) is 0 Å². The zero-order valence-electron chi connectivity index (χ0n) is 17.2. The van der Waals surface area contributed by atoms with E-state index in [1.165, 1.54) is 6.08 Å². The van der Waals surface area contributed by atoms with Gasteiger partial charge in [-0.3, -0.25) is 19.3 Å². The Kier molecular flexibility index (Phi) is 6.96. The van der Waals surface area contributed by atoms with E-state index in [1.54, 1.807) is 57.2 Å². The molecule has 0 saturated carbocycles. The van der Waals surface area contributed by atoms with Crippen LogP contribution in [0.3, 0.4) is 0 Å². The van der Waals surface area contributed by atoms with Crippen LogP contribution in [0.5, 0.6) is 0 Å². The number of imide groups is 1. The summed E-state index contributed by atoms with van der Waals surface area (Å²) in [4.78, 5) is 49.1. The number of thioether (sulfide) groups is 1. The molecule has 31 heavy (non-hydrogen) atoms. The third-order valence-corrected chi connectivity index (χ3v) is 5.02. The normalized spacial score (nSPS) is 15.1. The number of esters is 2. The highest BCUT2D eigenvalue weighted by Crippen LogP contribution is 2.33. The van der Waals surface area contributed by atoms with Crippen LogP contribution in [0.1, 0.15) is 36.9 Å². The summed E-state index contributed by atoms with van der Waals surface area (Å²) < 4.78 is 15.7. The molecule has 0 atom stereocenters. The monoisotopic (exact) mass is 443 g/mol. The van der Waals surface area contributed by atoms with Gasteiger partial charge < -0.3 is 13.9 Å². The standard InChI is InChI=1S/C22H21NO7S/c1-4-28-21(26)15-7-5-14(6-8-15)17-10-9-16(30-17)11-18-20(25)23(22(27)31-18)12-19(24)29-13(2)3/h5-11,13H,4,12H2,1-3H3/b18-11+. The van der Waals surface area contributed by atoms with Gasteiger partial charge in [-0.25, -0.2) is 4.79 Å². The van der Waals surface area contributed by atoms with Crippen LogP contribution in [-0.2, 0) is 19.1 Å². The Bertz CT molecular complexity index is 1040. The van der Waals surface area contributed by atoms with Crippen LogP contribution in [0.15, 0.2) is 45.7 Å². The Labute approximate surface area is 183 Å². The summed E-state index contributed by atoms with van der Waals surface area (Å²) in [5, 5.41) is -0.543. The fourth-order valence-electron chi connectivity index (χ4n) is 2.77. The smallest absolute Gasteiger partial charge is 0.338 e. The molecule has 1 aliphatic rings. The highest BCUT2D eigenvalue weighted by Gasteiger charge is 2.37. The van der Waals surface area contributed by atoms with Crippen molar-refractivity contribution in [1.82, 2.24) is 4.90 Å². The van der Waals surface area contributed by atoms with Crippen molar-refractivity contribution in [1.29, 1.82) is 0 Å². The molecule has 9 heteroatoms. The number of hydrogen-bond donors (Lipinski definition) is 0. The molecule has 1 aliphatic heterocycles. The Morgan fingerprint density at radius 1 is 1.13 bits per heavy atom. The van der Waals surface area contributed by atoms with E-state index in [2.05, 4.69) is 0 Å². The third kappa shape index (κ3) is 5.43. The van der Waals surface area contributed by atoms with E-state index in [1.807, 2.05) is 0 Å². The molecule has 2 aromatic rings. The summed E-state index contributed by atoms with van der Waals surface area (Å²) in [5.74, 6) is -0.721. The number of carbonyl (C=O) groups excluding carboxylic acids is 4. The van der Waals surface area contributed by atoms with Crippen LogP contribution in [0.4, 0.5) is 4.79 Å². The minimum atomic E-state index is -0.648. The Balaban J connectivity index is 1.71. The number of amides is 2. The Hall–Kier alpha value is -3.33. The highest BCUT2D eigenvalue weighted by molar-refractivity contribution is 8.18. The zero-order valence-corrected chi connectivity index (χ0v) is 18.1. The number of rotatable bonds is 7. The van der Waals surface area contributed by atoms with Crippen LogP contribution in [0, 0.1) is 0 Å². The van der Waals surface area contributed by atoms with E-state index < -0.39 is 29.6 Å². The largest absolute Gasteiger partial charge is 0.462 e. The van der Waals surface area contributed by atoms with Crippen LogP contribution < -0.4 is 0 Å². The molecule has 1 aromatic carbocycles. The average Bonchev–Trinajstić information content (AvgIpc) is 3.28. The molecule has 162 valence electrons. The number of ether oxygens (including phenoxy) is 2. The summed E-state index contributed by atoms with van der Waals surface area (Å²) in [6, 6.07) is 10.1. The molecular weight excluding hydrogens is 422 g/mol. The Morgan fingerprint density at radius 2 is 1.84 bits per heavy atom. The van der Waals surface area contributed by atoms with Gasteiger partial charge in [-0.2, -0.15) is 0 Å². The molecule has 0 spiro atoms. The number of hydrogen-bond acceptors (Lipinski definition) is 8. The zero-order chi connectivity index (χ0) is 22.5. The molecule has 1 saturated heterocycles. The molecule has 3 rings (SSSR count). The van der Waals surface area contributed by atoms with Gasteiger partial charge in [-0.15, -0.1) is 0 Å². The van der Waals surface area contributed by atoms with Gasteiger partial charge in [0, 0.05) is 11.6 Å². The first-order chi connectivity index (χ1) is 14.8. The highest BCUT2D eigenvalue weighted by atomic mass is 32.2.